The van der Waals surface area contributed by atoms with Crippen LogP contribution in [-0.2, 0) is 26.5 Å². The van der Waals surface area contributed by atoms with Crippen LogP contribution in [0.2, 0.25) is 0 Å². The average molecular weight is 737 g/mol. The van der Waals surface area contributed by atoms with Crippen molar-refractivity contribution in [3.8, 4) is 22.5 Å². The first-order valence-corrected chi connectivity index (χ1v) is 13.7. The first-order chi connectivity index (χ1) is 21.3. The minimum atomic E-state index is -2.32. The maximum absolute atomic E-state index is 8.68. The molecule has 0 aliphatic carbocycles. The summed E-state index contributed by atoms with van der Waals surface area (Å²) in [4.78, 5) is 13.7. The average Bonchev–Trinajstić information content (AvgIpc) is 3.63. The van der Waals surface area contributed by atoms with E-state index in [-0.39, 0.29) is 31.5 Å². The Labute approximate surface area is 264 Å². The molecule has 2 aromatic carbocycles. The third-order valence-electron chi connectivity index (χ3n) is 6.13. The van der Waals surface area contributed by atoms with E-state index in [9.17, 15) is 0 Å². The Morgan fingerprint density at radius 2 is 1.78 bits per heavy atom. The summed E-state index contributed by atoms with van der Waals surface area (Å²) in [7, 11) is 0. The van der Waals surface area contributed by atoms with Crippen LogP contribution < -0.4 is 0 Å². The minimum absolute atomic E-state index is 0. The molecule has 0 saturated carbocycles. The molecule has 6 heteroatoms. The molecule has 0 bridgehead atoms. The van der Waals surface area contributed by atoms with Crippen LogP contribution in [0.25, 0.3) is 54.7 Å². The quantitative estimate of drug-likeness (QED) is 0.170. The Balaban J connectivity index is 0.000000269. The molecule has 0 saturated heterocycles. The molecule has 0 N–H and O–H groups in total. The number of hydrogen-bond donors (Lipinski definition) is 0. The van der Waals surface area contributed by atoms with Crippen LogP contribution in [0.15, 0.2) is 95.7 Å². The normalized spacial score (nSPS) is 13.8. The van der Waals surface area contributed by atoms with Gasteiger partial charge in [0.15, 0.2) is 0 Å². The molecular weight excluding hydrogens is 703 g/mol. The van der Waals surface area contributed by atoms with Gasteiger partial charge in [-0.1, -0.05) is 43.9 Å². The summed E-state index contributed by atoms with van der Waals surface area (Å²) >= 11 is 1.42. The van der Waals surface area contributed by atoms with Gasteiger partial charge in [-0.05, 0) is 60.1 Å². The monoisotopic (exact) mass is 737 g/mol. The van der Waals surface area contributed by atoms with E-state index in [0.29, 0.717) is 21.7 Å². The molecule has 207 valence electrons. The van der Waals surface area contributed by atoms with E-state index in [1.807, 2.05) is 81.4 Å². The second kappa shape index (κ2) is 12.0. The van der Waals surface area contributed by atoms with Crippen LogP contribution in [0, 0.1) is 24.4 Å². The smallest absolute Gasteiger partial charge is 0.216 e. The zero-order valence-corrected chi connectivity index (χ0v) is 25.9. The SMILES string of the molecule is [2H]C([2H])([2H])c1ccc2c(n1)oc1c(-c3nccc4sc(C([2H])([2H])C(C)(C)C)cc34)[c-]ccc12.[Ir].[c-]1ccccc1-c1ccccn1. The Morgan fingerprint density at radius 3 is 2.54 bits per heavy atom. The number of thiophene rings is 1. The van der Waals surface area contributed by atoms with Gasteiger partial charge in [0.25, 0.3) is 0 Å². The van der Waals surface area contributed by atoms with Crippen molar-refractivity contribution < 1.29 is 31.4 Å². The molecule has 5 heterocycles. The van der Waals surface area contributed by atoms with Crippen LogP contribution in [0.4, 0.5) is 0 Å². The molecule has 1 radical (unpaired) electrons. The fourth-order valence-corrected chi connectivity index (χ4v) is 5.63. The van der Waals surface area contributed by atoms with Crippen LogP contribution in [0.5, 0.6) is 0 Å². The van der Waals surface area contributed by atoms with Gasteiger partial charge < -0.3 is 14.4 Å². The summed E-state index contributed by atoms with van der Waals surface area (Å²) in [5.74, 6) is 0. The Kier molecular flexibility index (Phi) is 6.73. The number of nitrogens with zero attached hydrogens (tertiary/aromatic N) is 3. The number of furan rings is 1. The molecule has 0 unspecified atom stereocenters. The van der Waals surface area contributed by atoms with Crippen LogP contribution in [0.3, 0.4) is 0 Å². The van der Waals surface area contributed by atoms with Gasteiger partial charge in [-0.15, -0.1) is 65.4 Å². The van der Waals surface area contributed by atoms with Crippen molar-refractivity contribution in [2.45, 2.75) is 34.0 Å². The van der Waals surface area contributed by atoms with E-state index in [0.717, 1.165) is 32.1 Å². The summed E-state index contributed by atoms with van der Waals surface area (Å²) < 4.78 is 47.2. The summed E-state index contributed by atoms with van der Waals surface area (Å²) in [6.07, 6.45) is 1.97. The maximum atomic E-state index is 8.68. The maximum Gasteiger partial charge on any atom is 0.216 e. The summed E-state index contributed by atoms with van der Waals surface area (Å²) in [6, 6.07) is 30.6. The molecule has 0 aliphatic heterocycles. The van der Waals surface area contributed by atoms with Crippen molar-refractivity contribution >= 4 is 43.5 Å². The van der Waals surface area contributed by atoms with Crippen LogP contribution >= 0.6 is 11.3 Å². The number of pyridine rings is 3. The molecule has 7 aromatic rings. The Bertz CT molecular complexity index is 2080. The Hall–Kier alpha value is -3.70. The largest absolute Gasteiger partial charge is 0.486 e. The Morgan fingerprint density at radius 1 is 0.902 bits per heavy atom. The second-order valence-corrected chi connectivity index (χ2v) is 11.4. The van der Waals surface area contributed by atoms with E-state index < -0.39 is 18.6 Å². The second-order valence-electron chi connectivity index (χ2n) is 10.3. The van der Waals surface area contributed by atoms with Crippen molar-refractivity contribution in [2.24, 2.45) is 5.41 Å². The van der Waals surface area contributed by atoms with Crippen molar-refractivity contribution in [1.29, 1.82) is 0 Å². The van der Waals surface area contributed by atoms with Gasteiger partial charge in [0.2, 0.25) is 5.71 Å². The fraction of sp³-hybridized carbons (Fsp3) is 0.171. The van der Waals surface area contributed by atoms with Crippen molar-refractivity contribution in [1.82, 2.24) is 15.0 Å². The van der Waals surface area contributed by atoms with E-state index in [2.05, 4.69) is 27.1 Å². The molecular formula is C35H29IrN3OS-2. The number of hydrogen-bond acceptors (Lipinski definition) is 5. The molecule has 5 aromatic heterocycles. The predicted octanol–water partition coefficient (Wildman–Crippen LogP) is 9.50. The zero-order valence-electron chi connectivity index (χ0n) is 27.7. The fourth-order valence-electron chi connectivity index (χ4n) is 4.47. The molecule has 0 atom stereocenters. The minimum Gasteiger partial charge on any atom is -0.486 e. The van der Waals surface area contributed by atoms with Gasteiger partial charge in [0, 0.05) is 65.7 Å². The van der Waals surface area contributed by atoms with Crippen molar-refractivity contribution in [2.75, 3.05) is 0 Å². The standard InChI is InChI=1S/C24H21N2OS.C11H8N.Ir/c1-14-8-9-17-16-6-5-7-18(22(16)27-23(17)26-14)21-19-12-15(13-24(2,3)4)28-20(19)10-11-25-21;1-2-6-10(7-3-1)11-8-4-5-9-12-11;/h5-6,8-12H,13H2,1-4H3;1-6,8-9H;/q2*-1;/i1D3,13D2;;. The number of aromatic nitrogens is 3. The number of benzene rings is 2. The van der Waals surface area contributed by atoms with Crippen molar-refractivity contribution in [3.63, 3.8) is 0 Å². The first-order valence-electron chi connectivity index (χ1n) is 15.4. The molecule has 0 spiro atoms. The third kappa shape index (κ3) is 6.30. The van der Waals surface area contributed by atoms with Crippen LogP contribution in [0.1, 0.15) is 38.2 Å². The number of fused-ring (bicyclic) bond motifs is 4. The van der Waals surface area contributed by atoms with Gasteiger partial charge in [-0.25, -0.2) is 4.98 Å². The summed E-state index contributed by atoms with van der Waals surface area (Å²) in [5.41, 5.74) is 3.46. The predicted molar refractivity (Wildman–Crippen MR) is 165 cm³/mol. The van der Waals surface area contributed by atoms with E-state index in [1.165, 1.54) is 17.4 Å². The topological polar surface area (TPSA) is 51.8 Å². The number of aryl methyl sites for hydroxylation is 1. The van der Waals surface area contributed by atoms with Gasteiger partial charge in [-0.2, -0.15) is 0 Å². The summed E-state index contributed by atoms with van der Waals surface area (Å²) in [6.45, 7) is 3.34. The van der Waals surface area contributed by atoms with E-state index in [4.69, 9.17) is 11.3 Å². The zero-order chi connectivity index (χ0) is 32.0. The van der Waals surface area contributed by atoms with Gasteiger partial charge in [0.1, 0.15) is 0 Å². The van der Waals surface area contributed by atoms with Gasteiger partial charge >= 0.3 is 0 Å². The molecule has 4 nitrogen and oxygen atoms in total. The van der Waals surface area contributed by atoms with Crippen LogP contribution in [-0.4, -0.2) is 15.0 Å². The van der Waals surface area contributed by atoms with Gasteiger partial charge in [-0.3, -0.25) is 0 Å². The molecule has 0 aliphatic rings. The van der Waals surface area contributed by atoms with E-state index >= 15 is 0 Å². The molecule has 41 heavy (non-hydrogen) atoms. The van der Waals surface area contributed by atoms with Crippen molar-refractivity contribution in [3.05, 3.63) is 114 Å². The first kappa shape index (κ1) is 22.9. The third-order valence-corrected chi connectivity index (χ3v) is 7.14. The number of rotatable bonds is 3. The van der Waals surface area contributed by atoms with Gasteiger partial charge in [0.05, 0.1) is 5.58 Å². The molecule has 0 fully saturated rings. The molecule has 0 amide bonds. The van der Waals surface area contributed by atoms with E-state index in [1.54, 1.807) is 24.5 Å². The summed E-state index contributed by atoms with van der Waals surface area (Å²) in [5, 5.41) is 2.34. The molecule has 7 rings (SSSR count).